The number of amidine groups is 2. The lowest BCUT2D eigenvalue weighted by atomic mass is 9.88. The molecule has 1 aromatic heterocycles. The summed E-state index contributed by atoms with van der Waals surface area (Å²) in [4.78, 5) is 40.4. The zero-order valence-corrected chi connectivity index (χ0v) is 17.0. The molecule has 0 saturated heterocycles. The van der Waals surface area contributed by atoms with Crippen molar-refractivity contribution in [3.8, 4) is 0 Å². The van der Waals surface area contributed by atoms with Crippen LogP contribution in [0.1, 0.15) is 37.8 Å². The topological polar surface area (TPSA) is 78.0 Å². The van der Waals surface area contributed by atoms with Crippen LogP contribution >= 0.6 is 11.8 Å². The number of nitrogens with zero attached hydrogens (tertiary/aromatic N) is 5. The number of aromatic nitrogens is 1. The van der Waals surface area contributed by atoms with Crippen LogP contribution in [0.3, 0.4) is 0 Å². The fourth-order valence-electron chi connectivity index (χ4n) is 3.88. The molecule has 3 heterocycles. The minimum atomic E-state index is -0.617. The van der Waals surface area contributed by atoms with Crippen molar-refractivity contribution in [1.82, 2.24) is 9.88 Å². The van der Waals surface area contributed by atoms with Crippen molar-refractivity contribution in [3.63, 3.8) is 0 Å². The summed E-state index contributed by atoms with van der Waals surface area (Å²) in [5, 5.41) is 0.715. The van der Waals surface area contributed by atoms with Crippen molar-refractivity contribution in [2.24, 2.45) is 21.8 Å². The van der Waals surface area contributed by atoms with Crippen LogP contribution in [0.25, 0.3) is 0 Å². The second-order valence-electron chi connectivity index (χ2n) is 7.39. The summed E-state index contributed by atoms with van der Waals surface area (Å²) in [6.45, 7) is 0. The Morgan fingerprint density at radius 2 is 1.96 bits per heavy atom. The summed E-state index contributed by atoms with van der Waals surface area (Å²) in [5.74, 6) is 1.31. The number of fused-ring (bicyclic) bond motifs is 1. The van der Waals surface area contributed by atoms with Crippen molar-refractivity contribution in [2.75, 3.05) is 14.1 Å². The molecule has 0 spiro atoms. The van der Waals surface area contributed by atoms with Gasteiger partial charge in [0.15, 0.2) is 5.92 Å². The summed E-state index contributed by atoms with van der Waals surface area (Å²) in [7, 11) is 3.20. The zero-order chi connectivity index (χ0) is 19.7. The van der Waals surface area contributed by atoms with E-state index in [0.29, 0.717) is 22.6 Å². The van der Waals surface area contributed by atoms with E-state index in [1.54, 1.807) is 13.2 Å². The summed E-state index contributed by atoms with van der Waals surface area (Å²) < 4.78 is 1.49. The molecule has 1 fully saturated rings. The van der Waals surface area contributed by atoms with E-state index in [2.05, 4.69) is 4.98 Å². The monoisotopic (exact) mass is 398 g/mol. The lowest BCUT2D eigenvalue weighted by Crippen LogP contribution is -2.55. The van der Waals surface area contributed by atoms with Crippen LogP contribution < -0.4 is 0 Å². The van der Waals surface area contributed by atoms with Crippen molar-refractivity contribution >= 4 is 40.4 Å². The number of rotatable bonds is 3. The highest BCUT2D eigenvalue weighted by atomic mass is 32.2. The number of carbonyl (C=O) groups excluding carboxylic acids is 2. The van der Waals surface area contributed by atoms with Gasteiger partial charge in [-0.1, -0.05) is 30.3 Å². The molecule has 146 valence electrons. The number of carbonyl (C=O) groups is 2. The number of hydrogen-bond donors (Lipinski definition) is 0. The van der Waals surface area contributed by atoms with Crippen LogP contribution in [0.4, 0.5) is 4.79 Å². The van der Waals surface area contributed by atoms with Crippen molar-refractivity contribution in [1.29, 1.82) is 0 Å². The van der Waals surface area contributed by atoms with E-state index in [1.807, 2.05) is 18.2 Å². The van der Waals surface area contributed by atoms with Crippen LogP contribution in [0, 0.1) is 11.8 Å². The first-order valence-corrected chi connectivity index (χ1v) is 10.7. The van der Waals surface area contributed by atoms with Crippen LogP contribution in [0.15, 0.2) is 34.4 Å². The molecule has 1 aromatic rings. The number of pyridine rings is 1. The minimum absolute atomic E-state index is 0.267. The number of amides is 3. The van der Waals surface area contributed by atoms with Gasteiger partial charge in [-0.05, 0) is 25.0 Å². The molecule has 7 nitrogen and oxygen atoms in total. The van der Waals surface area contributed by atoms with Gasteiger partial charge in [0, 0.05) is 17.9 Å². The van der Waals surface area contributed by atoms with E-state index < -0.39 is 5.92 Å². The van der Waals surface area contributed by atoms with Gasteiger partial charge in [-0.15, -0.1) is 11.8 Å². The molecule has 1 unspecified atom stereocenters. The van der Waals surface area contributed by atoms with Crippen molar-refractivity contribution < 1.29 is 14.2 Å². The summed E-state index contributed by atoms with van der Waals surface area (Å²) in [6.07, 6.45) is 7.47. The Hall–Kier alpha value is -2.35. The lowest BCUT2D eigenvalue weighted by Gasteiger charge is -2.28. The maximum Gasteiger partial charge on any atom is 0.445 e. The normalized spacial score (nSPS) is 23.5. The molecule has 1 atom stereocenters. The number of hydrogen-bond acceptors (Lipinski definition) is 6. The van der Waals surface area contributed by atoms with Gasteiger partial charge in [0.05, 0.1) is 19.8 Å². The highest BCUT2D eigenvalue weighted by Crippen LogP contribution is 2.32. The highest BCUT2D eigenvalue weighted by Gasteiger charge is 2.49. The maximum atomic E-state index is 12.9. The van der Waals surface area contributed by atoms with E-state index in [-0.39, 0.29) is 11.9 Å². The molecular weight excluding hydrogens is 374 g/mol. The molecule has 8 heteroatoms. The second kappa shape index (κ2) is 7.95. The fraction of sp³-hybridized carbons (Fsp3) is 0.500. The van der Waals surface area contributed by atoms with Crippen LogP contribution in [0.2, 0.25) is 0 Å². The van der Waals surface area contributed by atoms with E-state index in [1.165, 1.54) is 42.6 Å². The molecule has 0 N–H and O–H groups in total. The van der Waals surface area contributed by atoms with Crippen molar-refractivity contribution in [2.45, 2.75) is 37.9 Å². The Morgan fingerprint density at radius 3 is 2.68 bits per heavy atom. The molecule has 2 aliphatic heterocycles. The predicted octanol–water partition coefficient (Wildman–Crippen LogP) is 2.95. The maximum absolute atomic E-state index is 12.9. The Labute approximate surface area is 168 Å². The first-order valence-electron chi connectivity index (χ1n) is 9.68. The quantitative estimate of drug-likeness (QED) is 0.734. The molecule has 0 aromatic carbocycles. The third-order valence-electron chi connectivity index (χ3n) is 5.52. The van der Waals surface area contributed by atoms with Gasteiger partial charge in [-0.25, -0.2) is 9.79 Å². The molecule has 0 radical (unpaired) electrons. The molecule has 3 amide bonds. The van der Waals surface area contributed by atoms with Crippen molar-refractivity contribution in [3.05, 3.63) is 30.1 Å². The largest absolute Gasteiger partial charge is 0.445 e. The Kier molecular flexibility index (Phi) is 5.39. The molecule has 0 bridgehead atoms. The molecule has 1 aliphatic carbocycles. The van der Waals surface area contributed by atoms with Gasteiger partial charge in [0.2, 0.25) is 5.84 Å². The smallest absolute Gasteiger partial charge is 0.260 e. The lowest BCUT2D eigenvalue weighted by molar-refractivity contribution is -0.407. The molecular formula is C20H24N5O2S+. The van der Waals surface area contributed by atoms with Gasteiger partial charge < -0.3 is 0 Å². The zero-order valence-electron chi connectivity index (χ0n) is 16.2. The van der Waals surface area contributed by atoms with E-state index in [0.717, 1.165) is 29.3 Å². The number of urea groups is 1. The van der Waals surface area contributed by atoms with Gasteiger partial charge in [0.25, 0.3) is 5.84 Å². The first-order chi connectivity index (χ1) is 13.6. The summed E-state index contributed by atoms with van der Waals surface area (Å²) in [6, 6.07) is 5.44. The van der Waals surface area contributed by atoms with Gasteiger partial charge >= 0.3 is 11.9 Å². The Balaban J connectivity index is 1.70. The highest BCUT2D eigenvalue weighted by molar-refractivity contribution is 8.13. The number of thioether (sulfide) groups is 1. The van der Waals surface area contributed by atoms with Gasteiger partial charge in [0.1, 0.15) is 5.04 Å². The van der Waals surface area contributed by atoms with E-state index in [9.17, 15) is 9.59 Å². The third-order valence-corrected chi connectivity index (χ3v) is 6.58. The molecule has 1 saturated carbocycles. The summed E-state index contributed by atoms with van der Waals surface area (Å²) >= 11 is 1.51. The Bertz CT molecular complexity index is 887. The second-order valence-corrected chi connectivity index (χ2v) is 8.39. The van der Waals surface area contributed by atoms with Crippen LogP contribution in [-0.4, -0.2) is 57.2 Å². The predicted molar refractivity (Wildman–Crippen MR) is 110 cm³/mol. The standard InChI is InChI=1S/C20H24N5O2S/c1-24-17-15(19(26)25(2)20(24)27)18(28-12-14-10-6-7-11-21-14)23-16(22-17)13-8-4-3-5-9-13/h6-7,10-11,13,15H,3-5,8-9,12H2,1-2H3/q+1. The number of aliphatic imine (C=N–C) groups is 2. The Morgan fingerprint density at radius 1 is 1.18 bits per heavy atom. The minimum Gasteiger partial charge on any atom is -0.260 e. The van der Waals surface area contributed by atoms with Crippen LogP contribution in [0.5, 0.6) is 0 Å². The van der Waals surface area contributed by atoms with Gasteiger partial charge in [-0.2, -0.15) is 9.48 Å². The first kappa shape index (κ1) is 19.0. The SMILES string of the molecule is CN1C(=O)C2C(SCc3ccccn3)=NC(C3CCCCC3)=NC2=[N+](C)C1=O. The van der Waals surface area contributed by atoms with E-state index in [4.69, 9.17) is 9.98 Å². The molecule has 4 rings (SSSR count). The third kappa shape index (κ3) is 3.53. The average molecular weight is 399 g/mol. The molecule has 28 heavy (non-hydrogen) atoms. The average Bonchev–Trinajstić information content (AvgIpc) is 2.75. The van der Waals surface area contributed by atoms with Crippen LogP contribution in [-0.2, 0) is 10.5 Å². The fourth-order valence-corrected chi connectivity index (χ4v) is 4.88. The van der Waals surface area contributed by atoms with Gasteiger partial charge in [-0.3, -0.25) is 9.78 Å². The summed E-state index contributed by atoms with van der Waals surface area (Å²) in [5.41, 5.74) is 0.930. The van der Waals surface area contributed by atoms with E-state index >= 15 is 0 Å². The molecule has 3 aliphatic rings. The number of imide groups is 1.